The lowest BCUT2D eigenvalue weighted by molar-refractivity contribution is 0.215. The molecule has 0 bridgehead atoms. The molecule has 0 fully saturated rings. The molecule has 112 valence electrons. The van der Waals surface area contributed by atoms with Crippen LogP contribution in [0.3, 0.4) is 0 Å². The predicted octanol–water partition coefficient (Wildman–Crippen LogP) is 3.33. The van der Waals surface area contributed by atoms with Crippen molar-refractivity contribution in [1.29, 1.82) is 0 Å². The molecule has 0 radical (unpaired) electrons. The second-order valence-electron chi connectivity index (χ2n) is 5.49. The van der Waals surface area contributed by atoms with Crippen molar-refractivity contribution in [2.45, 2.75) is 26.4 Å². The molecular formula is C17H20O4. The number of benzene rings is 1. The van der Waals surface area contributed by atoms with E-state index in [-0.39, 0.29) is 0 Å². The molecule has 0 amide bonds. The smallest absolute Gasteiger partial charge is 0.161 e. The van der Waals surface area contributed by atoms with E-state index in [1.165, 1.54) is 0 Å². The second kappa shape index (κ2) is 5.82. The van der Waals surface area contributed by atoms with Gasteiger partial charge in [0.05, 0.1) is 19.5 Å². The van der Waals surface area contributed by atoms with E-state index in [4.69, 9.17) is 13.9 Å². The Morgan fingerprint density at radius 3 is 2.71 bits per heavy atom. The topological polar surface area (TPSA) is 51.8 Å². The summed E-state index contributed by atoms with van der Waals surface area (Å²) in [4.78, 5) is 0. The van der Waals surface area contributed by atoms with Gasteiger partial charge in [-0.25, -0.2) is 0 Å². The maximum atomic E-state index is 10.6. The highest BCUT2D eigenvalue weighted by Gasteiger charge is 2.20. The average Bonchev–Trinajstić information content (AvgIpc) is 2.91. The van der Waals surface area contributed by atoms with Gasteiger partial charge in [0.25, 0.3) is 0 Å². The Kier molecular flexibility index (Phi) is 3.88. The Labute approximate surface area is 124 Å². The van der Waals surface area contributed by atoms with Crippen LogP contribution in [-0.2, 0) is 6.42 Å². The third-order valence-electron chi connectivity index (χ3n) is 3.73. The van der Waals surface area contributed by atoms with Crippen LogP contribution in [0.4, 0.5) is 0 Å². The van der Waals surface area contributed by atoms with E-state index in [1.54, 1.807) is 6.26 Å². The third-order valence-corrected chi connectivity index (χ3v) is 3.73. The summed E-state index contributed by atoms with van der Waals surface area (Å²) in [7, 11) is 0. The van der Waals surface area contributed by atoms with Gasteiger partial charge in [-0.1, -0.05) is 19.9 Å². The molecule has 1 aliphatic rings. The molecule has 21 heavy (non-hydrogen) atoms. The molecule has 0 saturated carbocycles. The van der Waals surface area contributed by atoms with Gasteiger partial charge in [0, 0.05) is 17.9 Å². The summed E-state index contributed by atoms with van der Waals surface area (Å²) in [5.74, 6) is 2.59. The van der Waals surface area contributed by atoms with Gasteiger partial charge in [-0.15, -0.1) is 0 Å². The van der Waals surface area contributed by atoms with Gasteiger partial charge >= 0.3 is 0 Å². The van der Waals surface area contributed by atoms with Gasteiger partial charge in [0.2, 0.25) is 0 Å². The number of hydrogen-bond donors (Lipinski definition) is 1. The molecule has 0 saturated heterocycles. The summed E-state index contributed by atoms with van der Waals surface area (Å²) >= 11 is 0. The zero-order valence-corrected chi connectivity index (χ0v) is 12.3. The van der Waals surface area contributed by atoms with E-state index >= 15 is 0 Å². The maximum Gasteiger partial charge on any atom is 0.161 e. The highest BCUT2D eigenvalue weighted by Crippen LogP contribution is 2.35. The quantitative estimate of drug-likeness (QED) is 0.941. The first-order valence-electron chi connectivity index (χ1n) is 7.33. The minimum atomic E-state index is -0.715. The van der Waals surface area contributed by atoms with Crippen molar-refractivity contribution < 1.29 is 19.0 Å². The minimum Gasteiger partial charge on any atom is -0.489 e. The Balaban J connectivity index is 1.90. The van der Waals surface area contributed by atoms with Gasteiger partial charge in [0.1, 0.15) is 11.9 Å². The van der Waals surface area contributed by atoms with Crippen molar-refractivity contribution in [2.24, 2.45) is 5.92 Å². The van der Waals surface area contributed by atoms with E-state index in [1.807, 2.05) is 31.2 Å². The van der Waals surface area contributed by atoms with Gasteiger partial charge in [-0.05, 0) is 23.8 Å². The minimum absolute atomic E-state index is 0.353. The number of aliphatic hydroxyl groups is 1. The highest BCUT2D eigenvalue weighted by molar-refractivity contribution is 5.46. The monoisotopic (exact) mass is 288 g/mol. The number of ether oxygens (including phenoxy) is 2. The van der Waals surface area contributed by atoms with E-state index in [0.29, 0.717) is 24.9 Å². The molecule has 1 aromatic carbocycles. The molecule has 2 atom stereocenters. The lowest BCUT2D eigenvalue weighted by Crippen LogP contribution is -2.12. The van der Waals surface area contributed by atoms with Crippen LogP contribution in [0.25, 0.3) is 0 Å². The fourth-order valence-corrected chi connectivity index (χ4v) is 2.50. The molecule has 0 spiro atoms. The number of furan rings is 1. The Hall–Kier alpha value is -1.94. The largest absolute Gasteiger partial charge is 0.489 e. The number of hydrogen-bond acceptors (Lipinski definition) is 4. The summed E-state index contributed by atoms with van der Waals surface area (Å²) in [6.45, 7) is 5.36. The summed E-state index contributed by atoms with van der Waals surface area (Å²) in [6.07, 6.45) is 1.65. The van der Waals surface area contributed by atoms with Crippen molar-refractivity contribution >= 4 is 0 Å². The van der Waals surface area contributed by atoms with Crippen LogP contribution in [0.2, 0.25) is 0 Å². The van der Waals surface area contributed by atoms with Crippen LogP contribution in [0.15, 0.2) is 34.9 Å². The number of aryl methyl sites for hydroxylation is 1. The average molecular weight is 288 g/mol. The van der Waals surface area contributed by atoms with Crippen molar-refractivity contribution in [3.63, 3.8) is 0 Å². The normalized spacial score (nSPS) is 19.1. The standard InChI is InChI=1S/C17H20O4/c1-3-14-13(6-7-19-14)17(18)12-4-5-15-16(8-12)21-10-11(2)9-20-15/h4-8,11,17-18H,3,9-10H2,1-2H3. The van der Waals surface area contributed by atoms with Crippen molar-refractivity contribution in [3.8, 4) is 11.5 Å². The molecule has 1 N–H and O–H groups in total. The summed E-state index contributed by atoms with van der Waals surface area (Å²) in [6, 6.07) is 7.39. The van der Waals surface area contributed by atoms with Gasteiger partial charge in [-0.3, -0.25) is 0 Å². The SMILES string of the molecule is CCc1occc1C(O)c1ccc2c(c1)OCC(C)CO2. The first-order valence-corrected chi connectivity index (χ1v) is 7.33. The van der Waals surface area contributed by atoms with Crippen LogP contribution in [0, 0.1) is 5.92 Å². The lowest BCUT2D eigenvalue weighted by atomic mass is 10.0. The molecule has 4 heteroatoms. The first-order chi connectivity index (χ1) is 10.2. The molecule has 2 unspecified atom stereocenters. The van der Waals surface area contributed by atoms with E-state index in [9.17, 15) is 5.11 Å². The fourth-order valence-electron chi connectivity index (χ4n) is 2.50. The van der Waals surface area contributed by atoms with Gasteiger partial charge < -0.3 is 19.0 Å². The van der Waals surface area contributed by atoms with Crippen LogP contribution in [0.1, 0.15) is 36.8 Å². The van der Waals surface area contributed by atoms with Gasteiger partial charge in [-0.2, -0.15) is 0 Å². The second-order valence-corrected chi connectivity index (χ2v) is 5.49. The van der Waals surface area contributed by atoms with E-state index in [2.05, 4.69) is 6.92 Å². The summed E-state index contributed by atoms with van der Waals surface area (Å²) in [5.41, 5.74) is 1.59. The fraction of sp³-hybridized carbons (Fsp3) is 0.412. The Morgan fingerprint density at radius 1 is 1.19 bits per heavy atom. The zero-order chi connectivity index (χ0) is 14.8. The summed E-state index contributed by atoms with van der Waals surface area (Å²) in [5, 5.41) is 10.6. The molecule has 1 aromatic heterocycles. The molecular weight excluding hydrogens is 268 g/mol. The van der Waals surface area contributed by atoms with Crippen LogP contribution in [0.5, 0.6) is 11.5 Å². The van der Waals surface area contributed by atoms with Crippen LogP contribution in [-0.4, -0.2) is 18.3 Å². The Morgan fingerprint density at radius 2 is 1.95 bits per heavy atom. The first kappa shape index (κ1) is 14.0. The Bertz CT molecular complexity index is 617. The van der Waals surface area contributed by atoms with Crippen molar-refractivity contribution in [3.05, 3.63) is 47.4 Å². The highest BCUT2D eigenvalue weighted by atomic mass is 16.5. The summed E-state index contributed by atoms with van der Waals surface area (Å²) < 4.78 is 16.9. The van der Waals surface area contributed by atoms with Crippen LogP contribution < -0.4 is 9.47 Å². The van der Waals surface area contributed by atoms with Crippen molar-refractivity contribution in [1.82, 2.24) is 0 Å². The maximum absolute atomic E-state index is 10.6. The van der Waals surface area contributed by atoms with E-state index < -0.39 is 6.10 Å². The molecule has 3 rings (SSSR count). The lowest BCUT2D eigenvalue weighted by Gasteiger charge is -2.14. The van der Waals surface area contributed by atoms with E-state index in [0.717, 1.165) is 29.1 Å². The van der Waals surface area contributed by atoms with Crippen molar-refractivity contribution in [2.75, 3.05) is 13.2 Å². The number of aliphatic hydroxyl groups excluding tert-OH is 1. The molecule has 2 heterocycles. The van der Waals surface area contributed by atoms with Gasteiger partial charge in [0.15, 0.2) is 11.5 Å². The number of fused-ring (bicyclic) bond motifs is 1. The molecule has 0 aliphatic carbocycles. The van der Waals surface area contributed by atoms with Crippen LogP contribution >= 0.6 is 0 Å². The molecule has 2 aromatic rings. The molecule has 4 nitrogen and oxygen atoms in total. The number of rotatable bonds is 3. The zero-order valence-electron chi connectivity index (χ0n) is 12.3. The predicted molar refractivity (Wildman–Crippen MR) is 78.7 cm³/mol. The third kappa shape index (κ3) is 2.76. The molecule has 1 aliphatic heterocycles.